The number of Topliss-reactive ketones (excluding diaryl/α,β-unsaturated/α-hetero) is 1. The van der Waals surface area contributed by atoms with E-state index in [0.717, 1.165) is 6.07 Å². The number of piperazine rings is 1. The van der Waals surface area contributed by atoms with Gasteiger partial charge in [-0.2, -0.15) is 0 Å². The van der Waals surface area contributed by atoms with Gasteiger partial charge in [0.25, 0.3) is 0 Å². The van der Waals surface area contributed by atoms with Gasteiger partial charge in [0, 0.05) is 30.8 Å². The van der Waals surface area contributed by atoms with Gasteiger partial charge in [-0.25, -0.2) is 13.6 Å². The molecule has 0 saturated carbocycles. The molecule has 8 nitrogen and oxygen atoms in total. The Labute approximate surface area is 240 Å². The molecule has 2 fully saturated rings. The smallest absolute Gasteiger partial charge is 0.323 e. The first-order valence-corrected chi connectivity index (χ1v) is 13.5. The number of hydrogen-bond acceptors (Lipinski definition) is 4. The van der Waals surface area contributed by atoms with Crippen molar-refractivity contribution in [2.24, 2.45) is 0 Å². The molecule has 3 aromatic carbocycles. The zero-order valence-electron chi connectivity index (χ0n) is 22.1. The SMILES string of the molecule is CC(=O)c1ccc(NC(=O)N2CCC(=O)N3[C@@H](c4ccc(Cl)c(F)c4)C(=O)N(CCc4cccc(F)c4)C[C@H]23)cc1. The number of ketones is 1. The molecule has 2 atom stereocenters. The van der Waals surface area contributed by atoms with Crippen LogP contribution in [0.15, 0.2) is 66.7 Å². The van der Waals surface area contributed by atoms with Crippen molar-refractivity contribution in [3.63, 3.8) is 0 Å². The van der Waals surface area contributed by atoms with Gasteiger partial charge in [-0.3, -0.25) is 14.4 Å². The van der Waals surface area contributed by atoms with Gasteiger partial charge < -0.3 is 20.0 Å². The quantitative estimate of drug-likeness (QED) is 0.414. The third kappa shape index (κ3) is 5.92. The number of amides is 4. The number of carbonyl (C=O) groups is 4. The van der Waals surface area contributed by atoms with Crippen LogP contribution in [0.5, 0.6) is 0 Å². The molecule has 0 aromatic heterocycles. The number of anilines is 1. The lowest BCUT2D eigenvalue weighted by Gasteiger charge is -2.52. The number of rotatable bonds is 6. The van der Waals surface area contributed by atoms with E-state index in [1.165, 1.54) is 45.9 Å². The van der Waals surface area contributed by atoms with Gasteiger partial charge >= 0.3 is 6.03 Å². The monoisotopic (exact) mass is 580 g/mol. The van der Waals surface area contributed by atoms with Gasteiger partial charge in [0.1, 0.15) is 23.8 Å². The number of nitrogens with zero attached hydrogens (tertiary/aromatic N) is 3. The van der Waals surface area contributed by atoms with E-state index in [9.17, 15) is 28.0 Å². The average Bonchev–Trinajstić information content (AvgIpc) is 2.94. The summed E-state index contributed by atoms with van der Waals surface area (Å²) in [7, 11) is 0. The number of urea groups is 1. The Hall–Kier alpha value is -4.31. The highest BCUT2D eigenvalue weighted by molar-refractivity contribution is 6.30. The van der Waals surface area contributed by atoms with Gasteiger partial charge in [-0.1, -0.05) is 29.8 Å². The molecule has 2 aliphatic rings. The highest BCUT2D eigenvalue weighted by Crippen LogP contribution is 2.36. The van der Waals surface area contributed by atoms with Crippen molar-refractivity contribution < 1.29 is 28.0 Å². The molecule has 2 heterocycles. The summed E-state index contributed by atoms with van der Waals surface area (Å²) in [4.78, 5) is 56.5. The number of fused-ring (bicyclic) bond motifs is 1. The third-order valence-corrected chi connectivity index (χ3v) is 7.67. The van der Waals surface area contributed by atoms with Crippen LogP contribution >= 0.6 is 11.6 Å². The van der Waals surface area contributed by atoms with Gasteiger partial charge in [0.2, 0.25) is 11.8 Å². The molecule has 3 aromatic rings. The Balaban J connectivity index is 1.46. The predicted octanol–water partition coefficient (Wildman–Crippen LogP) is 5.04. The van der Waals surface area contributed by atoms with E-state index >= 15 is 0 Å². The maximum absolute atomic E-state index is 14.5. The summed E-state index contributed by atoms with van der Waals surface area (Å²) >= 11 is 5.89. The summed E-state index contributed by atoms with van der Waals surface area (Å²) in [5, 5.41) is 2.68. The molecule has 41 heavy (non-hydrogen) atoms. The van der Waals surface area contributed by atoms with Crippen LogP contribution in [-0.2, 0) is 16.0 Å². The molecule has 2 saturated heterocycles. The molecular weight excluding hydrogens is 554 g/mol. The molecule has 5 rings (SSSR count). The van der Waals surface area contributed by atoms with Crippen molar-refractivity contribution in [3.05, 3.63) is 100 Å². The molecule has 1 N–H and O–H groups in total. The first kappa shape index (κ1) is 28.2. The Bertz CT molecular complexity index is 1520. The third-order valence-electron chi connectivity index (χ3n) is 7.37. The summed E-state index contributed by atoms with van der Waals surface area (Å²) in [6, 6.07) is 14.7. The van der Waals surface area contributed by atoms with Crippen molar-refractivity contribution in [1.82, 2.24) is 14.7 Å². The van der Waals surface area contributed by atoms with Crippen LogP contribution in [0.4, 0.5) is 19.3 Å². The Morgan fingerprint density at radius 3 is 2.46 bits per heavy atom. The summed E-state index contributed by atoms with van der Waals surface area (Å²) in [6.07, 6.45) is -0.543. The molecule has 4 amide bonds. The minimum Gasteiger partial charge on any atom is -0.336 e. The largest absolute Gasteiger partial charge is 0.336 e. The second-order valence-corrected chi connectivity index (χ2v) is 10.4. The van der Waals surface area contributed by atoms with E-state index < -0.39 is 35.8 Å². The molecule has 2 aliphatic heterocycles. The van der Waals surface area contributed by atoms with Crippen LogP contribution in [0.3, 0.4) is 0 Å². The maximum Gasteiger partial charge on any atom is 0.323 e. The molecule has 0 bridgehead atoms. The highest BCUT2D eigenvalue weighted by Gasteiger charge is 2.49. The number of nitrogens with one attached hydrogen (secondary N) is 1. The lowest BCUT2D eigenvalue weighted by Crippen LogP contribution is -2.69. The van der Waals surface area contributed by atoms with Gasteiger partial charge in [-0.05, 0) is 73.0 Å². The fourth-order valence-corrected chi connectivity index (χ4v) is 5.37. The van der Waals surface area contributed by atoms with Crippen LogP contribution in [-0.4, -0.2) is 64.1 Å². The van der Waals surface area contributed by atoms with Crippen molar-refractivity contribution in [2.45, 2.75) is 32.0 Å². The van der Waals surface area contributed by atoms with Crippen LogP contribution < -0.4 is 5.32 Å². The molecule has 0 aliphatic carbocycles. The van der Waals surface area contributed by atoms with E-state index in [4.69, 9.17) is 11.6 Å². The van der Waals surface area contributed by atoms with E-state index in [1.54, 1.807) is 36.4 Å². The Morgan fingerprint density at radius 2 is 1.78 bits per heavy atom. The van der Waals surface area contributed by atoms with E-state index in [2.05, 4.69) is 5.32 Å². The number of hydrogen-bond donors (Lipinski definition) is 1. The fourth-order valence-electron chi connectivity index (χ4n) is 5.26. The molecular formula is C30H27ClF2N4O4. The van der Waals surface area contributed by atoms with Crippen molar-refractivity contribution in [3.8, 4) is 0 Å². The average molecular weight is 581 g/mol. The van der Waals surface area contributed by atoms with Crippen LogP contribution in [0.2, 0.25) is 5.02 Å². The number of halogens is 3. The minimum absolute atomic E-state index is 0.0170. The molecule has 11 heteroatoms. The van der Waals surface area contributed by atoms with Crippen molar-refractivity contribution in [1.29, 1.82) is 0 Å². The van der Waals surface area contributed by atoms with E-state index in [1.807, 2.05) is 0 Å². The summed E-state index contributed by atoms with van der Waals surface area (Å²) in [5.74, 6) is -2.02. The van der Waals surface area contributed by atoms with E-state index in [-0.39, 0.29) is 48.3 Å². The molecule has 0 radical (unpaired) electrons. The number of benzene rings is 3. The molecule has 212 valence electrons. The second kappa shape index (κ2) is 11.7. The van der Waals surface area contributed by atoms with Crippen LogP contribution in [0, 0.1) is 11.6 Å². The summed E-state index contributed by atoms with van der Waals surface area (Å²) in [6.45, 7) is 1.75. The zero-order valence-corrected chi connectivity index (χ0v) is 22.9. The first-order valence-electron chi connectivity index (χ1n) is 13.1. The van der Waals surface area contributed by atoms with Crippen LogP contribution in [0.25, 0.3) is 0 Å². The van der Waals surface area contributed by atoms with Crippen molar-refractivity contribution >= 4 is 40.9 Å². The topological polar surface area (TPSA) is 90.0 Å². The normalized spacial score (nSPS) is 18.8. The fraction of sp³-hybridized carbons (Fsp3) is 0.267. The van der Waals surface area contributed by atoms with Crippen LogP contribution in [0.1, 0.15) is 40.9 Å². The van der Waals surface area contributed by atoms with E-state index in [0.29, 0.717) is 23.2 Å². The number of carbonyl (C=O) groups excluding carboxylic acids is 4. The summed E-state index contributed by atoms with van der Waals surface area (Å²) in [5.41, 5.74) is 1.86. The van der Waals surface area contributed by atoms with Crippen molar-refractivity contribution in [2.75, 3.05) is 25.0 Å². The van der Waals surface area contributed by atoms with Gasteiger partial charge in [-0.15, -0.1) is 0 Å². The summed E-state index contributed by atoms with van der Waals surface area (Å²) < 4.78 is 28.3. The maximum atomic E-state index is 14.5. The zero-order chi connectivity index (χ0) is 29.3. The predicted molar refractivity (Wildman–Crippen MR) is 148 cm³/mol. The minimum atomic E-state index is -1.19. The second-order valence-electron chi connectivity index (χ2n) is 10.0. The molecule has 0 spiro atoms. The van der Waals surface area contributed by atoms with Gasteiger partial charge in [0.15, 0.2) is 5.78 Å². The highest BCUT2D eigenvalue weighted by atomic mass is 35.5. The lowest BCUT2D eigenvalue weighted by molar-refractivity contribution is -0.167. The lowest BCUT2D eigenvalue weighted by atomic mass is 9.96. The standard InChI is InChI=1S/C30H27ClF2N4O4/c1-18(38)20-5-8-23(9-6-20)34-30(41)36-14-12-27(39)37-26(36)17-35(13-11-19-3-2-4-22(32)15-19)29(40)28(37)21-7-10-24(31)25(33)16-21/h2-10,15-16,26,28H,11-14,17H2,1H3,(H,34,41)/t26-,28+/m1/s1. The van der Waals surface area contributed by atoms with Gasteiger partial charge in [0.05, 0.1) is 11.6 Å². The molecule has 0 unspecified atom stereocenters. The Morgan fingerprint density at radius 1 is 1.02 bits per heavy atom. The first-order chi connectivity index (χ1) is 19.6. The Kier molecular flexibility index (Phi) is 8.03.